The topological polar surface area (TPSA) is 123 Å². The first-order valence-electron chi connectivity index (χ1n) is 11.7. The highest BCUT2D eigenvalue weighted by atomic mass is 16.7. The first-order valence-corrected chi connectivity index (χ1v) is 11.2. The number of aliphatic hydroxyl groups is 3. The fraction of sp³-hybridized carbons (Fsp3) is 0.462. The third-order valence-electron chi connectivity index (χ3n) is 5.78. The van der Waals surface area contributed by atoms with Gasteiger partial charge in [0.25, 0.3) is 0 Å². The van der Waals surface area contributed by atoms with Crippen LogP contribution in [0.1, 0.15) is 39.2 Å². The predicted octanol–water partition coefficient (Wildman–Crippen LogP) is 1.92. The molecule has 1 unspecified atom stereocenters. The molecule has 1 saturated heterocycles. The third-order valence-corrected chi connectivity index (χ3v) is 5.78. The van der Waals surface area contributed by atoms with Crippen molar-refractivity contribution in [1.82, 2.24) is 0 Å². The van der Waals surface area contributed by atoms with Crippen LogP contribution in [0.5, 0.6) is 0 Å². The first kappa shape index (κ1) is 24.7. The molecule has 0 saturated carbocycles. The van der Waals surface area contributed by atoms with Gasteiger partial charge in [-0.2, -0.15) is 0 Å². The minimum atomic E-state index is -2.92. The van der Waals surface area contributed by atoms with Crippen molar-refractivity contribution >= 4 is 11.6 Å². The second kappa shape index (κ2) is 11.8. The van der Waals surface area contributed by atoms with E-state index in [9.17, 15) is 24.9 Å². The lowest BCUT2D eigenvalue weighted by atomic mass is 9.84. The Balaban J connectivity index is 1.92. The van der Waals surface area contributed by atoms with E-state index in [-0.39, 0.29) is 31.8 Å². The molecule has 1 heterocycles. The van der Waals surface area contributed by atoms with Crippen LogP contribution in [0.4, 0.5) is 0 Å². The van der Waals surface area contributed by atoms with Crippen LogP contribution in [-0.4, -0.2) is 63.2 Å². The van der Waals surface area contributed by atoms with E-state index in [1.165, 1.54) is 13.8 Å². The summed E-state index contributed by atoms with van der Waals surface area (Å²) < 4.78 is 25.6. The molecular formula is C26H32O8. The Morgan fingerprint density at radius 3 is 2.09 bits per heavy atom. The Hall–Kier alpha value is -2.46. The SMILES string of the molecule is [2H][C@]1(O)O[C@H](C(O)C(=O)CCC(C)=O)[C@H](OCc2ccccc2)[C@H](OCc2ccccc2)[C@@]1(C)O. The fourth-order valence-corrected chi connectivity index (χ4v) is 3.77. The van der Waals surface area contributed by atoms with Crippen LogP contribution >= 0.6 is 0 Å². The maximum Gasteiger partial charge on any atom is 0.186 e. The highest BCUT2D eigenvalue weighted by Crippen LogP contribution is 2.35. The second-order valence-corrected chi connectivity index (χ2v) is 8.63. The van der Waals surface area contributed by atoms with Gasteiger partial charge >= 0.3 is 0 Å². The molecule has 3 N–H and O–H groups in total. The van der Waals surface area contributed by atoms with E-state index in [0.29, 0.717) is 0 Å². The molecule has 0 spiro atoms. The van der Waals surface area contributed by atoms with Crippen molar-refractivity contribution in [1.29, 1.82) is 0 Å². The Labute approximate surface area is 200 Å². The van der Waals surface area contributed by atoms with E-state index in [1.54, 1.807) is 12.1 Å². The average molecular weight is 474 g/mol. The molecule has 0 amide bonds. The minimum Gasteiger partial charge on any atom is -0.382 e. The summed E-state index contributed by atoms with van der Waals surface area (Å²) in [5.74, 6) is -0.936. The Kier molecular flexibility index (Phi) is 8.55. The van der Waals surface area contributed by atoms with Gasteiger partial charge in [-0.1, -0.05) is 60.7 Å². The van der Waals surface area contributed by atoms with Gasteiger partial charge in [-0.3, -0.25) is 4.79 Å². The van der Waals surface area contributed by atoms with Gasteiger partial charge in [-0.15, -0.1) is 0 Å². The smallest absolute Gasteiger partial charge is 0.186 e. The van der Waals surface area contributed by atoms with Crippen molar-refractivity contribution in [2.45, 2.75) is 76.2 Å². The van der Waals surface area contributed by atoms with Crippen molar-refractivity contribution in [3.8, 4) is 0 Å². The Morgan fingerprint density at radius 1 is 1.03 bits per heavy atom. The van der Waals surface area contributed by atoms with Crippen molar-refractivity contribution in [3.05, 3.63) is 71.8 Å². The molecule has 6 atom stereocenters. The van der Waals surface area contributed by atoms with Crippen LogP contribution in [0.3, 0.4) is 0 Å². The van der Waals surface area contributed by atoms with Crippen molar-refractivity contribution < 1.29 is 40.5 Å². The molecular weight excluding hydrogens is 440 g/mol. The largest absolute Gasteiger partial charge is 0.382 e. The average Bonchev–Trinajstić information content (AvgIpc) is 2.83. The highest BCUT2D eigenvalue weighted by Gasteiger charge is 2.56. The van der Waals surface area contributed by atoms with Gasteiger partial charge in [-0.05, 0) is 25.0 Å². The zero-order valence-electron chi connectivity index (χ0n) is 20.3. The van der Waals surface area contributed by atoms with E-state index in [1.807, 2.05) is 48.5 Å². The van der Waals surface area contributed by atoms with Crippen LogP contribution < -0.4 is 0 Å². The molecule has 0 aromatic heterocycles. The van der Waals surface area contributed by atoms with E-state index < -0.39 is 42.1 Å². The molecule has 0 aliphatic carbocycles. The molecule has 1 aliphatic heterocycles. The number of rotatable bonds is 11. The van der Waals surface area contributed by atoms with Gasteiger partial charge in [0, 0.05) is 12.8 Å². The van der Waals surface area contributed by atoms with E-state index in [2.05, 4.69) is 0 Å². The second-order valence-electron chi connectivity index (χ2n) is 8.63. The molecule has 1 aliphatic rings. The fourth-order valence-electron chi connectivity index (χ4n) is 3.77. The van der Waals surface area contributed by atoms with Gasteiger partial charge in [0.2, 0.25) is 0 Å². The predicted molar refractivity (Wildman–Crippen MR) is 122 cm³/mol. The summed E-state index contributed by atoms with van der Waals surface area (Å²) in [5, 5.41) is 32.6. The number of ether oxygens (including phenoxy) is 3. The third kappa shape index (κ3) is 6.56. The lowest BCUT2D eigenvalue weighted by molar-refractivity contribution is -0.344. The molecule has 2 aromatic carbocycles. The number of hydrogen-bond donors (Lipinski definition) is 3. The molecule has 2 aromatic rings. The number of benzene rings is 2. The van der Waals surface area contributed by atoms with Crippen molar-refractivity contribution in [2.75, 3.05) is 0 Å². The van der Waals surface area contributed by atoms with E-state index >= 15 is 0 Å². The summed E-state index contributed by atoms with van der Waals surface area (Å²) in [6.45, 7) is 2.53. The monoisotopic (exact) mass is 473 g/mol. The van der Waals surface area contributed by atoms with Crippen LogP contribution in [0.2, 0.25) is 0 Å². The molecule has 1 fully saturated rings. The zero-order valence-corrected chi connectivity index (χ0v) is 19.3. The number of carbonyl (C=O) groups is 2. The molecule has 8 nitrogen and oxygen atoms in total. The van der Waals surface area contributed by atoms with Gasteiger partial charge in [-0.25, -0.2) is 0 Å². The van der Waals surface area contributed by atoms with Crippen molar-refractivity contribution in [3.63, 3.8) is 0 Å². The number of aliphatic hydroxyl groups excluding tert-OH is 1. The zero-order chi connectivity index (χ0) is 25.6. The van der Waals surface area contributed by atoms with Crippen LogP contribution in [-0.2, 0) is 37.0 Å². The van der Waals surface area contributed by atoms with Crippen LogP contribution in [0, 0.1) is 0 Å². The first-order chi connectivity index (χ1) is 16.5. The quantitative estimate of drug-likeness (QED) is 0.453. The summed E-state index contributed by atoms with van der Waals surface area (Å²) in [6.07, 6.45) is -9.21. The Bertz CT molecular complexity index is 979. The molecule has 0 radical (unpaired) electrons. The summed E-state index contributed by atoms with van der Waals surface area (Å²) in [6, 6.07) is 18.2. The summed E-state index contributed by atoms with van der Waals surface area (Å²) in [4.78, 5) is 24.0. The van der Waals surface area contributed by atoms with Crippen LogP contribution in [0.15, 0.2) is 60.7 Å². The van der Waals surface area contributed by atoms with E-state index in [4.69, 9.17) is 15.6 Å². The van der Waals surface area contributed by atoms with Gasteiger partial charge in [0.05, 0.1) is 14.6 Å². The number of hydrogen-bond acceptors (Lipinski definition) is 8. The molecule has 0 bridgehead atoms. The number of Topliss-reactive ketones (excluding diaryl/α,β-unsaturated/α-hetero) is 2. The maximum atomic E-state index is 12.6. The standard InChI is InChI=1S/C26H32O8/c1-17(27)13-14-20(28)21(29)22-23(32-15-18-9-5-3-6-10-18)24(26(2,31)25(30)34-22)33-16-19-11-7-4-8-12-19/h3-12,21-25,29-31H,13-16H2,1-2H3/t21?,22-,23+,24+,25+,26-/m1/s1/i25D. The summed E-state index contributed by atoms with van der Waals surface area (Å²) in [7, 11) is 0. The summed E-state index contributed by atoms with van der Waals surface area (Å²) in [5.41, 5.74) is -0.751. The summed E-state index contributed by atoms with van der Waals surface area (Å²) >= 11 is 0. The van der Waals surface area contributed by atoms with E-state index in [0.717, 1.165) is 11.1 Å². The van der Waals surface area contributed by atoms with Gasteiger partial charge < -0.3 is 34.3 Å². The normalized spacial score (nSPS) is 30.4. The number of carbonyl (C=O) groups excluding carboxylic acids is 2. The van der Waals surface area contributed by atoms with Crippen LogP contribution in [0.25, 0.3) is 0 Å². The maximum absolute atomic E-state index is 12.6. The number of ketones is 2. The van der Waals surface area contributed by atoms with Crippen molar-refractivity contribution in [2.24, 2.45) is 0 Å². The molecule has 184 valence electrons. The van der Waals surface area contributed by atoms with Gasteiger partial charge in [0.15, 0.2) is 12.0 Å². The molecule has 8 heteroatoms. The Morgan fingerprint density at radius 2 is 1.56 bits per heavy atom. The molecule has 34 heavy (non-hydrogen) atoms. The minimum absolute atomic E-state index is 0.00400. The lowest BCUT2D eigenvalue weighted by Gasteiger charge is -2.49. The van der Waals surface area contributed by atoms with Gasteiger partial charge in [0.1, 0.15) is 35.8 Å². The lowest BCUT2D eigenvalue weighted by Crippen LogP contribution is -2.68. The highest BCUT2D eigenvalue weighted by molar-refractivity contribution is 5.88. The molecule has 3 rings (SSSR count).